The normalized spacial score (nSPS) is 21.0. The van der Waals surface area contributed by atoms with E-state index in [-0.39, 0.29) is 29.4 Å². The van der Waals surface area contributed by atoms with Crippen LogP contribution in [0.1, 0.15) is 43.2 Å². The third kappa shape index (κ3) is 4.47. The molecule has 27 heavy (non-hydrogen) atoms. The summed E-state index contributed by atoms with van der Waals surface area (Å²) in [6.07, 6.45) is 7.82. The number of nitrogens with one attached hydrogen (secondary N) is 1. The van der Waals surface area contributed by atoms with Crippen molar-refractivity contribution < 1.29 is 0 Å². The lowest BCUT2D eigenvalue weighted by Crippen LogP contribution is -2.40. The maximum Gasteiger partial charge on any atom is 0.193 e. The van der Waals surface area contributed by atoms with E-state index in [0.29, 0.717) is 5.92 Å². The first kappa shape index (κ1) is 20.2. The fraction of sp³-hybridized carbons (Fsp3) is 0.524. The van der Waals surface area contributed by atoms with Gasteiger partial charge in [0.25, 0.3) is 0 Å². The Morgan fingerprint density at radius 3 is 2.70 bits per heavy atom. The number of benzene rings is 1. The van der Waals surface area contributed by atoms with Gasteiger partial charge in [-0.3, -0.25) is 9.67 Å². The zero-order valence-corrected chi connectivity index (χ0v) is 18.6. The maximum absolute atomic E-state index is 5.05. The van der Waals surface area contributed by atoms with E-state index in [0.717, 1.165) is 32.1 Å². The number of aliphatic imine (C=N–C) groups is 1. The molecule has 1 N–H and O–H groups in total. The molecule has 2 aliphatic rings. The van der Waals surface area contributed by atoms with E-state index in [9.17, 15) is 0 Å². The lowest BCUT2D eigenvalue weighted by Gasteiger charge is -2.23. The first-order valence-electron chi connectivity index (χ1n) is 9.77. The van der Waals surface area contributed by atoms with Crippen molar-refractivity contribution in [3.63, 3.8) is 0 Å². The Labute approximate surface area is 179 Å². The largest absolute Gasteiger partial charge is 0.357 e. The van der Waals surface area contributed by atoms with Gasteiger partial charge in [-0.25, -0.2) is 0 Å². The van der Waals surface area contributed by atoms with E-state index in [1.807, 2.05) is 17.9 Å². The van der Waals surface area contributed by atoms with Gasteiger partial charge < -0.3 is 10.2 Å². The number of nitrogens with zero attached hydrogens (tertiary/aromatic N) is 4. The van der Waals surface area contributed by atoms with E-state index >= 15 is 0 Å². The molecule has 5 nitrogen and oxygen atoms in total. The van der Waals surface area contributed by atoms with Gasteiger partial charge >= 0.3 is 0 Å². The fourth-order valence-corrected chi connectivity index (χ4v) is 4.01. The van der Waals surface area contributed by atoms with Crippen molar-refractivity contribution in [2.45, 2.75) is 37.5 Å². The van der Waals surface area contributed by atoms with Gasteiger partial charge in [0.2, 0.25) is 0 Å². The first-order chi connectivity index (χ1) is 12.7. The van der Waals surface area contributed by atoms with Crippen molar-refractivity contribution in [2.24, 2.45) is 12.0 Å². The van der Waals surface area contributed by atoms with Crippen molar-refractivity contribution in [3.8, 4) is 0 Å². The number of aryl methyl sites for hydroxylation is 1. The second kappa shape index (κ2) is 8.63. The minimum atomic E-state index is 0. The van der Waals surface area contributed by atoms with Crippen molar-refractivity contribution >= 4 is 29.9 Å². The van der Waals surface area contributed by atoms with Gasteiger partial charge in [0.1, 0.15) is 0 Å². The number of rotatable bonds is 5. The molecule has 0 radical (unpaired) electrons. The van der Waals surface area contributed by atoms with E-state index in [1.165, 1.54) is 30.4 Å². The Kier molecular flexibility index (Phi) is 6.44. The summed E-state index contributed by atoms with van der Waals surface area (Å²) in [5.74, 6) is 1.62. The number of likely N-dealkylation sites (tertiary alicyclic amines) is 1. The van der Waals surface area contributed by atoms with Crippen LogP contribution in [0.2, 0.25) is 0 Å². The van der Waals surface area contributed by atoms with Crippen LogP contribution in [0, 0.1) is 0 Å². The highest BCUT2D eigenvalue weighted by molar-refractivity contribution is 14.0. The summed E-state index contributed by atoms with van der Waals surface area (Å²) in [5, 5.41) is 7.84. The molecule has 0 bridgehead atoms. The minimum Gasteiger partial charge on any atom is -0.357 e. The van der Waals surface area contributed by atoms with Crippen LogP contribution in [0.15, 0.2) is 47.7 Å². The summed E-state index contributed by atoms with van der Waals surface area (Å²) in [7, 11) is 1.99. The summed E-state index contributed by atoms with van der Waals surface area (Å²) in [4.78, 5) is 7.47. The lowest BCUT2D eigenvalue weighted by atomic mass is 9.96. The quantitative estimate of drug-likeness (QED) is 0.406. The van der Waals surface area contributed by atoms with Crippen molar-refractivity contribution in [1.29, 1.82) is 0 Å². The molecule has 1 atom stereocenters. The number of guanidine groups is 1. The SMILES string of the molecule is CCNC(=NCC1(c2ccccc2)CC1)N1CCC(c2cnn(C)c2)C1.I. The molecule has 4 rings (SSSR count). The third-order valence-corrected chi connectivity index (χ3v) is 5.79. The summed E-state index contributed by atoms with van der Waals surface area (Å²) < 4.78 is 1.90. The summed E-state index contributed by atoms with van der Waals surface area (Å²) in [6.45, 7) is 6.02. The van der Waals surface area contributed by atoms with Gasteiger partial charge in [0.05, 0.1) is 12.7 Å². The molecule has 146 valence electrons. The van der Waals surface area contributed by atoms with E-state index in [4.69, 9.17) is 4.99 Å². The van der Waals surface area contributed by atoms with Crippen LogP contribution < -0.4 is 5.32 Å². The Bertz CT molecular complexity index is 766. The molecule has 6 heteroatoms. The highest BCUT2D eigenvalue weighted by atomic mass is 127. The van der Waals surface area contributed by atoms with Crippen LogP contribution >= 0.6 is 24.0 Å². The maximum atomic E-state index is 5.05. The average molecular weight is 479 g/mol. The smallest absolute Gasteiger partial charge is 0.193 e. The van der Waals surface area contributed by atoms with Crippen molar-refractivity contribution in [3.05, 3.63) is 53.9 Å². The van der Waals surface area contributed by atoms with Crippen LogP contribution in [0.5, 0.6) is 0 Å². The summed E-state index contributed by atoms with van der Waals surface area (Å²) >= 11 is 0. The predicted octanol–water partition coefficient (Wildman–Crippen LogP) is 3.52. The van der Waals surface area contributed by atoms with E-state index in [2.05, 4.69) is 58.8 Å². The molecule has 1 saturated heterocycles. The Balaban J connectivity index is 0.00000210. The average Bonchev–Trinajstić information content (AvgIpc) is 3.08. The topological polar surface area (TPSA) is 45.5 Å². The first-order valence-corrected chi connectivity index (χ1v) is 9.77. The minimum absolute atomic E-state index is 0. The summed E-state index contributed by atoms with van der Waals surface area (Å²) in [5.41, 5.74) is 3.05. The van der Waals surface area contributed by atoms with Crippen LogP contribution in [-0.4, -0.2) is 46.8 Å². The van der Waals surface area contributed by atoms with E-state index < -0.39 is 0 Å². The number of aromatic nitrogens is 2. The van der Waals surface area contributed by atoms with Crippen LogP contribution in [-0.2, 0) is 12.5 Å². The van der Waals surface area contributed by atoms with Gasteiger partial charge in [-0.2, -0.15) is 5.10 Å². The van der Waals surface area contributed by atoms with Gasteiger partial charge in [-0.1, -0.05) is 30.3 Å². The third-order valence-electron chi connectivity index (χ3n) is 5.79. The van der Waals surface area contributed by atoms with Crippen molar-refractivity contribution in [2.75, 3.05) is 26.2 Å². The Morgan fingerprint density at radius 1 is 1.30 bits per heavy atom. The van der Waals surface area contributed by atoms with Gasteiger partial charge in [-0.15, -0.1) is 24.0 Å². The second-order valence-corrected chi connectivity index (χ2v) is 7.70. The Morgan fingerprint density at radius 2 is 2.07 bits per heavy atom. The van der Waals surface area contributed by atoms with Gasteiger partial charge in [-0.05, 0) is 37.3 Å². The highest BCUT2D eigenvalue weighted by Gasteiger charge is 2.44. The molecule has 1 aliphatic carbocycles. The van der Waals surface area contributed by atoms with Crippen LogP contribution in [0.25, 0.3) is 0 Å². The number of hydrogen-bond acceptors (Lipinski definition) is 2. The molecule has 1 aliphatic heterocycles. The molecule has 2 aromatic rings. The van der Waals surface area contributed by atoms with Gasteiger partial charge in [0.15, 0.2) is 5.96 Å². The molecule has 1 aromatic carbocycles. The van der Waals surface area contributed by atoms with Crippen molar-refractivity contribution in [1.82, 2.24) is 20.0 Å². The molecule has 0 spiro atoms. The fourth-order valence-electron chi connectivity index (χ4n) is 4.01. The van der Waals surface area contributed by atoms with Gasteiger partial charge in [0, 0.05) is 44.2 Å². The van der Waals surface area contributed by atoms with E-state index in [1.54, 1.807) is 0 Å². The molecule has 0 amide bonds. The number of halogens is 1. The molecule has 2 fully saturated rings. The molecule has 1 saturated carbocycles. The second-order valence-electron chi connectivity index (χ2n) is 7.70. The lowest BCUT2D eigenvalue weighted by molar-refractivity contribution is 0.483. The molecule has 2 heterocycles. The molecular formula is C21H30IN5. The predicted molar refractivity (Wildman–Crippen MR) is 121 cm³/mol. The highest BCUT2D eigenvalue weighted by Crippen LogP contribution is 2.48. The zero-order chi connectivity index (χ0) is 18.0. The number of hydrogen-bond donors (Lipinski definition) is 1. The molecule has 1 unspecified atom stereocenters. The standard InChI is InChI=1S/C21H29N5.HI/c1-3-22-20(23-16-21(10-11-21)19-7-5-4-6-8-19)26-12-9-17(15-26)18-13-24-25(2)14-18;/h4-8,13-14,17H,3,9-12,15-16H2,1-2H3,(H,22,23);1H. The van der Waals surface area contributed by atoms with Crippen LogP contribution in [0.3, 0.4) is 0 Å². The Hall–Kier alpha value is -1.57. The molecular weight excluding hydrogens is 449 g/mol. The zero-order valence-electron chi connectivity index (χ0n) is 16.3. The molecule has 1 aromatic heterocycles. The summed E-state index contributed by atoms with van der Waals surface area (Å²) in [6, 6.07) is 10.9. The monoisotopic (exact) mass is 479 g/mol. The van der Waals surface area contributed by atoms with Crippen LogP contribution in [0.4, 0.5) is 0 Å².